The number of nitrogens with zero attached hydrogens (tertiary/aromatic N) is 6. The highest BCUT2D eigenvalue weighted by Crippen LogP contribution is 2.39. The first-order valence-corrected chi connectivity index (χ1v) is 13.8. The molecule has 0 unspecified atom stereocenters. The average Bonchev–Trinajstić information content (AvgIpc) is 3.36. The van der Waals surface area contributed by atoms with Gasteiger partial charge in [-0.2, -0.15) is 0 Å². The van der Waals surface area contributed by atoms with Gasteiger partial charge in [-0.05, 0) is 58.0 Å². The minimum Gasteiger partial charge on any atom is -0.333 e. The quantitative estimate of drug-likeness (QED) is 0.541. The fraction of sp³-hybridized carbons (Fsp3) is 0.433. The molecule has 10 nitrogen and oxygen atoms in total. The molecule has 3 amide bonds. The molecular weight excluding hydrogens is 506 g/mol. The van der Waals surface area contributed by atoms with E-state index in [4.69, 9.17) is 10.1 Å². The van der Waals surface area contributed by atoms with Crippen molar-refractivity contribution in [2.45, 2.75) is 59.7 Å². The van der Waals surface area contributed by atoms with Crippen LogP contribution in [0.4, 0.5) is 11.4 Å². The van der Waals surface area contributed by atoms with Crippen molar-refractivity contribution in [3.05, 3.63) is 53.9 Å². The SMILES string of the molecule is Cc1ccc(-n2nc(C(=O)N3C[C@@H](C)N[C@@H](C)C3)nc2-c2ccc3c(c2)N(C(=O)C(C)C)[C@H](C)C(=O)N3C)cc1. The highest BCUT2D eigenvalue weighted by atomic mass is 16.2. The summed E-state index contributed by atoms with van der Waals surface area (Å²) in [6.45, 7) is 12.7. The van der Waals surface area contributed by atoms with Crippen LogP contribution in [0.2, 0.25) is 0 Å². The lowest BCUT2D eigenvalue weighted by molar-refractivity contribution is -0.126. The maximum Gasteiger partial charge on any atom is 0.293 e. The highest BCUT2D eigenvalue weighted by molar-refractivity contribution is 6.13. The lowest BCUT2D eigenvalue weighted by Gasteiger charge is -2.39. The van der Waals surface area contributed by atoms with Crippen LogP contribution in [-0.4, -0.2) is 75.6 Å². The molecule has 3 aromatic rings. The van der Waals surface area contributed by atoms with E-state index in [-0.39, 0.29) is 41.5 Å². The van der Waals surface area contributed by atoms with E-state index in [0.29, 0.717) is 35.9 Å². The Hall–Kier alpha value is -4.05. The van der Waals surface area contributed by atoms with E-state index in [1.165, 1.54) is 0 Å². The molecule has 1 fully saturated rings. The number of amides is 3. The monoisotopic (exact) mass is 543 g/mol. The van der Waals surface area contributed by atoms with Gasteiger partial charge in [0.25, 0.3) is 5.91 Å². The molecule has 0 radical (unpaired) electrons. The van der Waals surface area contributed by atoms with Crippen LogP contribution in [0.15, 0.2) is 42.5 Å². The lowest BCUT2D eigenvalue weighted by Crippen LogP contribution is -2.56. The van der Waals surface area contributed by atoms with Crippen LogP contribution in [0.1, 0.15) is 50.8 Å². The minimum atomic E-state index is -0.647. The smallest absolute Gasteiger partial charge is 0.293 e. The van der Waals surface area contributed by atoms with Crippen molar-refractivity contribution in [2.75, 3.05) is 29.9 Å². The molecule has 3 heterocycles. The van der Waals surface area contributed by atoms with Crippen molar-refractivity contribution in [1.29, 1.82) is 0 Å². The second-order valence-corrected chi connectivity index (χ2v) is 11.3. The van der Waals surface area contributed by atoms with Crippen LogP contribution in [0, 0.1) is 12.8 Å². The summed E-state index contributed by atoms with van der Waals surface area (Å²) >= 11 is 0. The molecule has 1 aromatic heterocycles. The van der Waals surface area contributed by atoms with Crippen LogP contribution >= 0.6 is 0 Å². The van der Waals surface area contributed by atoms with Crippen LogP contribution in [0.5, 0.6) is 0 Å². The molecule has 5 rings (SSSR count). The zero-order valence-electron chi connectivity index (χ0n) is 24.2. The summed E-state index contributed by atoms with van der Waals surface area (Å²) in [7, 11) is 1.72. The number of carbonyl (C=O) groups excluding carboxylic acids is 3. The summed E-state index contributed by atoms with van der Waals surface area (Å²) < 4.78 is 1.68. The third-order valence-corrected chi connectivity index (χ3v) is 7.58. The van der Waals surface area contributed by atoms with Gasteiger partial charge in [-0.25, -0.2) is 9.67 Å². The van der Waals surface area contributed by atoms with Crippen LogP contribution in [0.3, 0.4) is 0 Å². The van der Waals surface area contributed by atoms with Gasteiger partial charge in [0.15, 0.2) is 5.82 Å². The van der Waals surface area contributed by atoms with Gasteiger partial charge in [-0.3, -0.25) is 19.3 Å². The number of piperazine rings is 1. The molecule has 0 spiro atoms. The predicted molar refractivity (Wildman–Crippen MR) is 155 cm³/mol. The highest BCUT2D eigenvalue weighted by Gasteiger charge is 2.38. The number of hydrogen-bond acceptors (Lipinski definition) is 6. The molecule has 10 heteroatoms. The van der Waals surface area contributed by atoms with E-state index in [0.717, 1.165) is 11.3 Å². The van der Waals surface area contributed by atoms with Crippen LogP contribution < -0.4 is 15.1 Å². The van der Waals surface area contributed by atoms with Gasteiger partial charge in [-0.1, -0.05) is 31.5 Å². The van der Waals surface area contributed by atoms with E-state index >= 15 is 0 Å². The maximum absolute atomic E-state index is 13.6. The van der Waals surface area contributed by atoms with Crippen molar-refractivity contribution in [3.63, 3.8) is 0 Å². The molecule has 2 aliphatic heterocycles. The third kappa shape index (κ3) is 4.88. The molecular formula is C30H37N7O3. The van der Waals surface area contributed by atoms with Crippen molar-refractivity contribution < 1.29 is 14.4 Å². The Morgan fingerprint density at radius 1 is 0.975 bits per heavy atom. The summed E-state index contributed by atoms with van der Waals surface area (Å²) in [4.78, 5) is 49.6. The largest absolute Gasteiger partial charge is 0.333 e. The minimum absolute atomic E-state index is 0.116. The van der Waals surface area contributed by atoms with Crippen molar-refractivity contribution >= 4 is 29.1 Å². The van der Waals surface area contributed by atoms with Gasteiger partial charge in [0.05, 0.1) is 17.1 Å². The Bertz CT molecular complexity index is 1450. The van der Waals surface area contributed by atoms with Crippen LogP contribution in [0.25, 0.3) is 17.1 Å². The normalized spacial score (nSPS) is 21.1. The number of aryl methyl sites for hydroxylation is 1. The number of benzene rings is 2. The second kappa shape index (κ2) is 10.5. The number of carbonyl (C=O) groups is 3. The molecule has 1 N–H and O–H groups in total. The first-order valence-electron chi connectivity index (χ1n) is 13.8. The van der Waals surface area contributed by atoms with E-state index in [1.54, 1.807) is 33.4 Å². The first-order chi connectivity index (χ1) is 19.0. The number of anilines is 2. The fourth-order valence-electron chi connectivity index (χ4n) is 5.53. The van der Waals surface area contributed by atoms with Gasteiger partial charge >= 0.3 is 0 Å². The Balaban J connectivity index is 1.64. The van der Waals surface area contributed by atoms with Crippen LogP contribution in [-0.2, 0) is 9.59 Å². The summed E-state index contributed by atoms with van der Waals surface area (Å²) in [5.41, 5.74) is 3.82. The summed E-state index contributed by atoms with van der Waals surface area (Å²) in [6, 6.07) is 13.1. The maximum atomic E-state index is 13.6. The van der Waals surface area contributed by atoms with Gasteiger partial charge in [0.1, 0.15) is 6.04 Å². The van der Waals surface area contributed by atoms with E-state index < -0.39 is 6.04 Å². The molecule has 2 aliphatic rings. The van der Waals surface area contributed by atoms with Gasteiger partial charge in [0, 0.05) is 43.7 Å². The summed E-state index contributed by atoms with van der Waals surface area (Å²) in [6.07, 6.45) is 0. The van der Waals surface area contributed by atoms with E-state index in [1.807, 2.05) is 63.2 Å². The zero-order valence-corrected chi connectivity index (χ0v) is 24.2. The Morgan fingerprint density at radius 2 is 1.62 bits per heavy atom. The second-order valence-electron chi connectivity index (χ2n) is 11.3. The molecule has 3 atom stereocenters. The number of fused-ring (bicyclic) bond motifs is 1. The van der Waals surface area contributed by atoms with Crippen molar-refractivity contribution in [3.8, 4) is 17.1 Å². The molecule has 1 saturated heterocycles. The number of rotatable bonds is 4. The average molecular weight is 544 g/mol. The van der Waals surface area contributed by atoms with Gasteiger partial charge in [-0.15, -0.1) is 5.10 Å². The molecule has 210 valence electrons. The van der Waals surface area contributed by atoms with Gasteiger partial charge < -0.3 is 15.1 Å². The molecule has 0 bridgehead atoms. The number of aromatic nitrogens is 3. The molecule has 2 aromatic carbocycles. The standard InChI is InChI=1S/C30H37N7O3/c1-17(2)28(38)36-21(6)29(39)34(7)24-13-10-22(14-25(24)36)27-32-26(30(40)35-15-19(4)31-20(5)16-35)33-37(27)23-11-8-18(3)9-12-23/h8-14,17,19-21,31H,15-16H2,1-7H3/t19-,20+,21-/m1/s1. The Kier molecular flexibility index (Phi) is 7.22. The van der Waals surface area contributed by atoms with Crippen molar-refractivity contribution in [1.82, 2.24) is 25.0 Å². The number of nitrogens with one attached hydrogen (secondary N) is 1. The molecule has 0 aliphatic carbocycles. The first kappa shape index (κ1) is 27.5. The number of hydrogen-bond donors (Lipinski definition) is 1. The zero-order chi connectivity index (χ0) is 28.9. The summed E-state index contributed by atoms with van der Waals surface area (Å²) in [5, 5.41) is 8.15. The number of likely N-dealkylation sites (N-methyl/N-ethyl adjacent to an activating group) is 1. The molecule has 0 saturated carbocycles. The van der Waals surface area contributed by atoms with E-state index in [2.05, 4.69) is 19.2 Å². The van der Waals surface area contributed by atoms with E-state index in [9.17, 15) is 14.4 Å². The Labute approximate surface area is 235 Å². The van der Waals surface area contributed by atoms with Gasteiger partial charge in [0.2, 0.25) is 17.6 Å². The topological polar surface area (TPSA) is 104 Å². The lowest BCUT2D eigenvalue weighted by atomic mass is 10.0. The van der Waals surface area contributed by atoms with Crippen molar-refractivity contribution in [2.24, 2.45) is 5.92 Å². The summed E-state index contributed by atoms with van der Waals surface area (Å²) in [5.74, 6) is -0.199. The third-order valence-electron chi connectivity index (χ3n) is 7.58. The fourth-order valence-corrected chi connectivity index (χ4v) is 5.53. The predicted octanol–water partition coefficient (Wildman–Crippen LogP) is 3.42. The molecule has 40 heavy (non-hydrogen) atoms. The Morgan fingerprint density at radius 3 is 2.25 bits per heavy atom.